The molecule has 0 amide bonds. The van der Waals surface area contributed by atoms with E-state index in [1.807, 2.05) is 0 Å². The molecule has 1 heterocycles. The van der Waals surface area contributed by atoms with E-state index in [9.17, 15) is 0 Å². The molecular weight excluding hydrogens is 160 g/mol. The SMILES string of the molecule is CNC1=CCCC2[C@H]3CCCN[C@]123. The summed E-state index contributed by atoms with van der Waals surface area (Å²) in [5.74, 6) is 1.89. The highest BCUT2D eigenvalue weighted by Crippen LogP contribution is 2.62. The molecule has 0 aromatic rings. The molecule has 1 aliphatic heterocycles. The van der Waals surface area contributed by atoms with E-state index in [0.717, 1.165) is 11.8 Å². The summed E-state index contributed by atoms with van der Waals surface area (Å²) < 4.78 is 0. The predicted octanol–water partition coefficient (Wildman–Crippen LogP) is 1.25. The van der Waals surface area contributed by atoms with Gasteiger partial charge in [-0.2, -0.15) is 0 Å². The third-order valence-corrected chi connectivity index (χ3v) is 4.20. The molecule has 0 aromatic carbocycles. The fourth-order valence-corrected chi connectivity index (χ4v) is 3.66. The van der Waals surface area contributed by atoms with Gasteiger partial charge >= 0.3 is 0 Å². The van der Waals surface area contributed by atoms with Crippen LogP contribution in [0.25, 0.3) is 0 Å². The van der Waals surface area contributed by atoms with Gasteiger partial charge in [-0.05, 0) is 44.1 Å². The number of rotatable bonds is 1. The van der Waals surface area contributed by atoms with E-state index >= 15 is 0 Å². The molecule has 3 rings (SSSR count). The van der Waals surface area contributed by atoms with E-state index in [1.165, 1.54) is 37.9 Å². The molecule has 13 heavy (non-hydrogen) atoms. The van der Waals surface area contributed by atoms with Crippen molar-refractivity contribution in [2.75, 3.05) is 13.6 Å². The van der Waals surface area contributed by atoms with Crippen molar-refractivity contribution in [3.05, 3.63) is 11.8 Å². The molecule has 2 fully saturated rings. The zero-order valence-corrected chi connectivity index (χ0v) is 8.27. The Morgan fingerprint density at radius 3 is 3.15 bits per heavy atom. The standard InChI is InChI=1S/C11H18N2/c1-12-10-6-2-4-8-9-5-3-7-13-11(8,9)10/h6,8-9,12-13H,2-5,7H2,1H3/t8?,9-,11-/m1/s1. The zero-order chi connectivity index (χ0) is 8.89. The van der Waals surface area contributed by atoms with Crippen molar-refractivity contribution in [1.29, 1.82) is 0 Å². The van der Waals surface area contributed by atoms with Gasteiger partial charge in [-0.25, -0.2) is 0 Å². The van der Waals surface area contributed by atoms with E-state index in [1.54, 1.807) is 0 Å². The summed E-state index contributed by atoms with van der Waals surface area (Å²) in [5.41, 5.74) is 1.89. The number of piperidine rings is 1. The highest BCUT2D eigenvalue weighted by molar-refractivity contribution is 5.38. The van der Waals surface area contributed by atoms with Crippen LogP contribution < -0.4 is 10.6 Å². The largest absolute Gasteiger partial charge is 0.390 e. The van der Waals surface area contributed by atoms with Crippen LogP contribution in [-0.2, 0) is 0 Å². The van der Waals surface area contributed by atoms with Gasteiger partial charge in [0.2, 0.25) is 0 Å². The summed E-state index contributed by atoms with van der Waals surface area (Å²) in [6, 6.07) is 0. The monoisotopic (exact) mass is 178 g/mol. The minimum Gasteiger partial charge on any atom is -0.390 e. The minimum absolute atomic E-state index is 0.408. The number of hydrogen-bond acceptors (Lipinski definition) is 2. The van der Waals surface area contributed by atoms with Gasteiger partial charge in [-0.3, -0.25) is 0 Å². The van der Waals surface area contributed by atoms with Crippen LogP contribution in [-0.4, -0.2) is 19.1 Å². The minimum atomic E-state index is 0.408. The molecule has 3 atom stereocenters. The first-order chi connectivity index (χ1) is 6.39. The Balaban J connectivity index is 1.94. The second-order valence-corrected chi connectivity index (χ2v) is 4.60. The molecule has 2 nitrogen and oxygen atoms in total. The van der Waals surface area contributed by atoms with Crippen molar-refractivity contribution < 1.29 is 0 Å². The number of hydrogen-bond donors (Lipinski definition) is 2. The van der Waals surface area contributed by atoms with Crippen LogP contribution >= 0.6 is 0 Å². The second-order valence-electron chi connectivity index (χ2n) is 4.60. The molecule has 2 N–H and O–H groups in total. The molecule has 2 heteroatoms. The molecule has 0 bridgehead atoms. The van der Waals surface area contributed by atoms with Gasteiger partial charge in [0.15, 0.2) is 0 Å². The Bertz CT molecular complexity index is 253. The van der Waals surface area contributed by atoms with Gasteiger partial charge < -0.3 is 10.6 Å². The Labute approximate surface area is 79.8 Å². The van der Waals surface area contributed by atoms with Crippen molar-refractivity contribution in [2.45, 2.75) is 31.2 Å². The van der Waals surface area contributed by atoms with Gasteiger partial charge in [0, 0.05) is 12.7 Å². The lowest BCUT2D eigenvalue weighted by Gasteiger charge is -2.29. The van der Waals surface area contributed by atoms with Crippen LogP contribution in [0.1, 0.15) is 25.7 Å². The van der Waals surface area contributed by atoms with Crippen molar-refractivity contribution in [3.63, 3.8) is 0 Å². The van der Waals surface area contributed by atoms with Crippen LogP contribution in [0.5, 0.6) is 0 Å². The normalized spacial score (nSPS) is 47.3. The van der Waals surface area contributed by atoms with Crippen molar-refractivity contribution in [3.8, 4) is 0 Å². The van der Waals surface area contributed by atoms with Gasteiger partial charge in [0.05, 0.1) is 5.54 Å². The van der Waals surface area contributed by atoms with Gasteiger partial charge in [-0.1, -0.05) is 6.08 Å². The molecule has 1 saturated heterocycles. The van der Waals surface area contributed by atoms with E-state index in [2.05, 4.69) is 23.8 Å². The summed E-state index contributed by atoms with van der Waals surface area (Å²) in [7, 11) is 2.06. The maximum absolute atomic E-state index is 3.74. The Morgan fingerprint density at radius 2 is 2.31 bits per heavy atom. The zero-order valence-electron chi connectivity index (χ0n) is 8.27. The molecule has 3 aliphatic rings. The number of allylic oxidation sites excluding steroid dienone is 1. The lowest BCUT2D eigenvalue weighted by molar-refractivity contribution is 0.404. The van der Waals surface area contributed by atoms with Crippen LogP contribution in [0, 0.1) is 11.8 Å². The van der Waals surface area contributed by atoms with Crippen LogP contribution in [0.15, 0.2) is 11.8 Å². The number of likely N-dealkylation sites (N-methyl/N-ethyl adjacent to an activating group) is 1. The molecule has 2 aliphatic carbocycles. The molecule has 1 spiro atoms. The van der Waals surface area contributed by atoms with Crippen molar-refractivity contribution >= 4 is 0 Å². The second kappa shape index (κ2) is 2.50. The first kappa shape index (κ1) is 7.86. The van der Waals surface area contributed by atoms with E-state index in [-0.39, 0.29) is 0 Å². The summed E-state index contributed by atoms with van der Waals surface area (Å²) in [4.78, 5) is 0. The smallest absolute Gasteiger partial charge is 0.0643 e. The first-order valence-corrected chi connectivity index (χ1v) is 5.53. The molecular formula is C11H18N2. The molecule has 72 valence electrons. The lowest BCUT2D eigenvalue weighted by atomic mass is 9.97. The average Bonchev–Trinajstić information content (AvgIpc) is 2.86. The van der Waals surface area contributed by atoms with Gasteiger partial charge in [-0.15, -0.1) is 0 Å². The Morgan fingerprint density at radius 1 is 1.46 bits per heavy atom. The summed E-state index contributed by atoms with van der Waals surface area (Å²) in [5, 5.41) is 7.13. The van der Waals surface area contributed by atoms with Crippen LogP contribution in [0.3, 0.4) is 0 Å². The number of fused-ring (bicyclic) bond motifs is 1. The summed E-state index contributed by atoms with van der Waals surface area (Å²) in [6.45, 7) is 1.21. The van der Waals surface area contributed by atoms with Crippen molar-refractivity contribution in [1.82, 2.24) is 10.6 Å². The average molecular weight is 178 g/mol. The van der Waals surface area contributed by atoms with Crippen LogP contribution in [0.2, 0.25) is 0 Å². The first-order valence-electron chi connectivity index (χ1n) is 5.53. The fourth-order valence-electron chi connectivity index (χ4n) is 3.66. The van der Waals surface area contributed by atoms with E-state index in [0.29, 0.717) is 5.54 Å². The molecule has 0 radical (unpaired) electrons. The predicted molar refractivity (Wildman–Crippen MR) is 53.3 cm³/mol. The van der Waals surface area contributed by atoms with Gasteiger partial charge in [0.1, 0.15) is 0 Å². The third kappa shape index (κ3) is 0.824. The topological polar surface area (TPSA) is 24.1 Å². The summed E-state index contributed by atoms with van der Waals surface area (Å²) in [6.07, 6.45) is 7.90. The highest BCUT2D eigenvalue weighted by atomic mass is 15.1. The maximum Gasteiger partial charge on any atom is 0.0643 e. The molecule has 0 aromatic heterocycles. The third-order valence-electron chi connectivity index (χ3n) is 4.20. The lowest BCUT2D eigenvalue weighted by Crippen LogP contribution is -2.44. The van der Waals surface area contributed by atoms with Crippen molar-refractivity contribution in [2.24, 2.45) is 11.8 Å². The Hall–Kier alpha value is -0.500. The quantitative estimate of drug-likeness (QED) is 0.631. The fraction of sp³-hybridized carbons (Fsp3) is 0.818. The van der Waals surface area contributed by atoms with Gasteiger partial charge in [0.25, 0.3) is 0 Å². The Kier molecular flexibility index (Phi) is 1.51. The molecule has 1 unspecified atom stereocenters. The maximum atomic E-state index is 3.74. The van der Waals surface area contributed by atoms with E-state index in [4.69, 9.17) is 0 Å². The highest BCUT2D eigenvalue weighted by Gasteiger charge is 2.67. The van der Waals surface area contributed by atoms with Crippen LogP contribution in [0.4, 0.5) is 0 Å². The summed E-state index contributed by atoms with van der Waals surface area (Å²) >= 11 is 0. The number of nitrogens with one attached hydrogen (secondary N) is 2. The molecule has 1 saturated carbocycles. The van der Waals surface area contributed by atoms with E-state index < -0.39 is 0 Å².